The minimum Gasteiger partial charge on any atom is -0.449 e. The van der Waals surface area contributed by atoms with Crippen LogP contribution in [0.5, 0.6) is 0 Å². The van der Waals surface area contributed by atoms with Crippen molar-refractivity contribution in [1.29, 1.82) is 0 Å². The first-order valence-corrected chi connectivity index (χ1v) is 5.01. The van der Waals surface area contributed by atoms with E-state index in [9.17, 15) is 4.79 Å². The van der Waals surface area contributed by atoms with Gasteiger partial charge in [0, 0.05) is 13.1 Å². The van der Waals surface area contributed by atoms with Gasteiger partial charge in [-0.1, -0.05) is 6.08 Å². The number of amides is 1. The molecule has 4 nitrogen and oxygen atoms in total. The van der Waals surface area contributed by atoms with E-state index in [1.54, 1.807) is 0 Å². The molecule has 1 aliphatic heterocycles. The first kappa shape index (κ1) is 10.9. The van der Waals surface area contributed by atoms with E-state index in [0.717, 1.165) is 25.9 Å². The number of hydrogen-bond donors (Lipinski definition) is 1. The van der Waals surface area contributed by atoms with Gasteiger partial charge in [0.05, 0.1) is 6.61 Å². The van der Waals surface area contributed by atoms with Gasteiger partial charge in [-0.05, 0) is 31.9 Å². The van der Waals surface area contributed by atoms with E-state index in [0.29, 0.717) is 12.5 Å². The third kappa shape index (κ3) is 3.68. The number of allylic oxidation sites excluding steroid dienone is 1. The van der Waals surface area contributed by atoms with Crippen molar-refractivity contribution in [2.24, 2.45) is 11.7 Å². The van der Waals surface area contributed by atoms with E-state index >= 15 is 0 Å². The highest BCUT2D eigenvalue weighted by molar-refractivity contribution is 5.64. The summed E-state index contributed by atoms with van der Waals surface area (Å²) in [4.78, 5) is 12.7. The molecule has 0 bridgehead atoms. The zero-order valence-corrected chi connectivity index (χ0v) is 8.61. The van der Waals surface area contributed by atoms with Crippen molar-refractivity contribution in [3.8, 4) is 0 Å². The van der Waals surface area contributed by atoms with E-state index in [1.807, 2.05) is 13.0 Å². The van der Waals surface area contributed by atoms with Crippen LogP contribution in [-0.2, 0) is 4.74 Å². The fraction of sp³-hybridized carbons (Fsp3) is 0.700. The number of nitrogens with two attached hydrogens (primary N) is 1. The van der Waals surface area contributed by atoms with Crippen LogP contribution in [0, 0.1) is 5.92 Å². The smallest absolute Gasteiger partial charge is 0.404 e. The Morgan fingerprint density at radius 1 is 1.57 bits per heavy atom. The molecule has 1 aliphatic rings. The second-order valence-corrected chi connectivity index (χ2v) is 3.59. The lowest BCUT2D eigenvalue weighted by molar-refractivity contribution is 0.113. The van der Waals surface area contributed by atoms with Crippen LogP contribution in [-0.4, -0.2) is 30.7 Å². The van der Waals surface area contributed by atoms with Gasteiger partial charge in [0.1, 0.15) is 0 Å². The lowest BCUT2D eigenvalue weighted by Crippen LogP contribution is -2.32. The minimum atomic E-state index is -0.666. The minimum absolute atomic E-state index is 0.471. The maximum Gasteiger partial charge on any atom is 0.404 e. The molecule has 0 aliphatic carbocycles. The Morgan fingerprint density at radius 2 is 2.21 bits per heavy atom. The average Bonchev–Trinajstić information content (AvgIpc) is 2.17. The van der Waals surface area contributed by atoms with Gasteiger partial charge in [0.25, 0.3) is 0 Å². The summed E-state index contributed by atoms with van der Waals surface area (Å²) in [5.74, 6) is 0.476. The number of carbonyl (C=O) groups is 1. The maximum atomic E-state index is 10.4. The summed E-state index contributed by atoms with van der Waals surface area (Å²) in [6.07, 6.45) is 5.61. The summed E-state index contributed by atoms with van der Waals surface area (Å²) in [6, 6.07) is 0. The largest absolute Gasteiger partial charge is 0.449 e. The summed E-state index contributed by atoms with van der Waals surface area (Å²) >= 11 is 0. The molecule has 0 atom stereocenters. The highest BCUT2D eigenvalue weighted by Gasteiger charge is 2.17. The molecule has 1 amide bonds. The van der Waals surface area contributed by atoms with Crippen LogP contribution in [0.1, 0.15) is 19.8 Å². The lowest BCUT2D eigenvalue weighted by atomic mass is 9.98. The lowest BCUT2D eigenvalue weighted by Gasteiger charge is -2.30. The molecule has 80 valence electrons. The number of piperidine rings is 1. The second-order valence-electron chi connectivity index (χ2n) is 3.59. The second kappa shape index (κ2) is 5.52. The van der Waals surface area contributed by atoms with Crippen molar-refractivity contribution >= 4 is 6.09 Å². The Balaban J connectivity index is 2.18. The maximum absolute atomic E-state index is 10.4. The molecule has 0 aromatic rings. The van der Waals surface area contributed by atoms with E-state index in [2.05, 4.69) is 11.1 Å². The first-order chi connectivity index (χ1) is 6.72. The summed E-state index contributed by atoms with van der Waals surface area (Å²) in [6.45, 7) is 4.57. The molecule has 0 aromatic carbocycles. The Kier molecular flexibility index (Phi) is 4.29. The van der Waals surface area contributed by atoms with Crippen LogP contribution < -0.4 is 5.73 Å². The molecule has 4 heteroatoms. The molecular formula is C10H18N2O2. The SMILES string of the molecule is CC=CN1CCC(COC(N)=O)CC1. The topological polar surface area (TPSA) is 55.6 Å². The summed E-state index contributed by atoms with van der Waals surface area (Å²) in [7, 11) is 0. The molecule has 1 fully saturated rings. The molecule has 0 radical (unpaired) electrons. The van der Waals surface area contributed by atoms with Crippen molar-refractivity contribution < 1.29 is 9.53 Å². The molecule has 1 saturated heterocycles. The van der Waals surface area contributed by atoms with E-state index in [4.69, 9.17) is 10.5 Å². The van der Waals surface area contributed by atoms with Crippen LogP contribution in [0.3, 0.4) is 0 Å². The number of hydrogen-bond acceptors (Lipinski definition) is 3. The average molecular weight is 198 g/mol. The third-order valence-corrected chi connectivity index (χ3v) is 2.47. The van der Waals surface area contributed by atoms with Gasteiger partial charge in [0.15, 0.2) is 0 Å². The zero-order valence-electron chi connectivity index (χ0n) is 8.61. The number of ether oxygens (including phenoxy) is 1. The monoisotopic (exact) mass is 198 g/mol. The summed E-state index contributed by atoms with van der Waals surface area (Å²) < 4.78 is 4.78. The van der Waals surface area contributed by atoms with Crippen LogP contribution in [0.25, 0.3) is 0 Å². The van der Waals surface area contributed by atoms with Gasteiger partial charge in [-0.2, -0.15) is 0 Å². The molecule has 0 saturated carbocycles. The number of likely N-dealkylation sites (tertiary alicyclic amines) is 1. The first-order valence-electron chi connectivity index (χ1n) is 5.01. The van der Waals surface area contributed by atoms with Crippen molar-refractivity contribution in [2.45, 2.75) is 19.8 Å². The van der Waals surface area contributed by atoms with E-state index < -0.39 is 6.09 Å². The van der Waals surface area contributed by atoms with E-state index in [1.165, 1.54) is 0 Å². The zero-order chi connectivity index (χ0) is 10.4. The molecule has 1 rings (SSSR count). The van der Waals surface area contributed by atoms with Gasteiger partial charge >= 0.3 is 6.09 Å². The van der Waals surface area contributed by atoms with Crippen molar-refractivity contribution in [3.05, 3.63) is 12.3 Å². The van der Waals surface area contributed by atoms with Gasteiger partial charge in [-0.3, -0.25) is 0 Å². The fourth-order valence-corrected chi connectivity index (χ4v) is 1.68. The summed E-state index contributed by atoms with van der Waals surface area (Å²) in [5, 5.41) is 0. The number of rotatable bonds is 3. The molecule has 0 spiro atoms. The fourth-order valence-electron chi connectivity index (χ4n) is 1.68. The molecular weight excluding hydrogens is 180 g/mol. The van der Waals surface area contributed by atoms with Crippen LogP contribution in [0.15, 0.2) is 12.3 Å². The Hall–Kier alpha value is -1.19. The molecule has 14 heavy (non-hydrogen) atoms. The van der Waals surface area contributed by atoms with Gasteiger partial charge < -0.3 is 15.4 Å². The van der Waals surface area contributed by atoms with E-state index in [-0.39, 0.29) is 0 Å². The predicted molar refractivity (Wildman–Crippen MR) is 54.6 cm³/mol. The van der Waals surface area contributed by atoms with Crippen molar-refractivity contribution in [2.75, 3.05) is 19.7 Å². The third-order valence-electron chi connectivity index (χ3n) is 2.47. The van der Waals surface area contributed by atoms with Crippen LogP contribution in [0.2, 0.25) is 0 Å². The highest BCUT2D eigenvalue weighted by Crippen LogP contribution is 2.17. The normalized spacial score (nSPS) is 18.8. The quantitative estimate of drug-likeness (QED) is 0.744. The molecule has 0 aromatic heterocycles. The number of primary amides is 1. The summed E-state index contributed by atoms with van der Waals surface area (Å²) in [5.41, 5.74) is 4.90. The number of nitrogens with zero attached hydrogens (tertiary/aromatic N) is 1. The van der Waals surface area contributed by atoms with Crippen molar-refractivity contribution in [1.82, 2.24) is 4.90 Å². The highest BCUT2D eigenvalue weighted by atomic mass is 16.5. The molecule has 1 heterocycles. The molecule has 0 unspecified atom stereocenters. The van der Waals surface area contributed by atoms with Crippen LogP contribution in [0.4, 0.5) is 4.79 Å². The Bertz CT molecular complexity index is 208. The Labute approximate surface area is 84.7 Å². The standard InChI is InChI=1S/C10H18N2O2/c1-2-5-12-6-3-9(4-7-12)8-14-10(11)13/h2,5,9H,3-4,6-8H2,1H3,(H2,11,13). The predicted octanol–water partition coefficient (Wildman–Crippen LogP) is 1.33. The van der Waals surface area contributed by atoms with Crippen molar-refractivity contribution in [3.63, 3.8) is 0 Å². The Morgan fingerprint density at radius 3 is 2.71 bits per heavy atom. The van der Waals surface area contributed by atoms with Gasteiger partial charge in [-0.15, -0.1) is 0 Å². The molecule has 2 N–H and O–H groups in total. The van der Waals surface area contributed by atoms with Crippen LogP contribution >= 0.6 is 0 Å². The van der Waals surface area contributed by atoms with Gasteiger partial charge in [0.2, 0.25) is 0 Å². The number of carbonyl (C=O) groups excluding carboxylic acids is 1. The van der Waals surface area contributed by atoms with Gasteiger partial charge in [-0.25, -0.2) is 4.79 Å².